The Balaban J connectivity index is -0.000000259. The highest BCUT2D eigenvalue weighted by Gasteiger charge is 2.23. The summed E-state index contributed by atoms with van der Waals surface area (Å²) in [6, 6.07) is 0. The normalized spacial score (nSPS) is 21.0. The quantitative estimate of drug-likeness (QED) is 0.202. The number of halogens is 3. The van der Waals surface area contributed by atoms with Crippen LogP contribution in [0, 0.1) is 0 Å². The number of piperidine rings is 2. The Labute approximate surface area is 178 Å². The second kappa shape index (κ2) is 15.0. The number of hydrogen-bond acceptors (Lipinski definition) is 3. The van der Waals surface area contributed by atoms with Crippen molar-refractivity contribution in [3.05, 3.63) is 0 Å². The molecule has 0 aromatic heterocycles. The van der Waals surface area contributed by atoms with Gasteiger partial charge in [-0.3, -0.25) is 9.59 Å². The molecule has 2 aliphatic heterocycles. The number of carbonyl (C=O) groups is 2. The second-order valence-corrected chi connectivity index (χ2v) is 5.76. The van der Waals surface area contributed by atoms with Gasteiger partial charge in [-0.15, -0.1) is 23.8 Å². The zero-order valence-electron chi connectivity index (χ0n) is 14.5. The van der Waals surface area contributed by atoms with Gasteiger partial charge in [0.25, 0.3) is 0 Å². The van der Waals surface area contributed by atoms with E-state index in [2.05, 4.69) is 41.6 Å². The molecule has 0 aromatic rings. The molecule has 4 nitrogen and oxygen atoms in total. The fourth-order valence-electron chi connectivity index (χ4n) is 1.96. The predicted molar refractivity (Wildman–Crippen MR) is 103 cm³/mol. The third kappa shape index (κ3) is 14.8. The minimum atomic E-state index is 0. The molecule has 0 bridgehead atoms. The van der Waals surface area contributed by atoms with Crippen molar-refractivity contribution in [3.8, 4) is 0 Å². The summed E-state index contributed by atoms with van der Waals surface area (Å²) < 4.78 is 6.74. The number of nitrogens with zero attached hydrogens (tertiary/aromatic N) is 2. The molecule has 0 radical (unpaired) electrons. The highest BCUT2D eigenvalue weighted by atomic mass is 127. The molecule has 0 aromatic carbocycles. The molecule has 21 heavy (non-hydrogen) atoms. The molecule has 0 aliphatic carbocycles. The molecule has 2 heterocycles. The van der Waals surface area contributed by atoms with Gasteiger partial charge < -0.3 is 33.4 Å². The van der Waals surface area contributed by atoms with Crippen LogP contribution >= 0.6 is 46.4 Å². The predicted octanol–water partition coefficient (Wildman–Crippen LogP) is -0.620. The van der Waals surface area contributed by atoms with E-state index in [0.717, 1.165) is 56.3 Å². The number of likely N-dealkylation sites (tertiary alicyclic amines) is 2. The van der Waals surface area contributed by atoms with E-state index in [-0.39, 0.29) is 24.0 Å². The van der Waals surface area contributed by atoms with Crippen molar-refractivity contribution in [2.75, 3.05) is 52.3 Å². The Bertz CT molecular complexity index is 284. The SMILES string of the molecule is CI.CN1CCC(=O)CC1.C[N+]1(C)CCC(=O)CC1.[2H]I.[I-]. The molecule has 0 N–H and O–H groups in total. The Morgan fingerprint density at radius 1 is 1.00 bits per heavy atom. The monoisotopic (exact) mass is 639 g/mol. The van der Waals surface area contributed by atoms with Crippen LogP contribution in [0.1, 0.15) is 25.7 Å². The summed E-state index contributed by atoms with van der Waals surface area (Å²) in [7, 11) is 6.39. The Kier molecular flexibility index (Phi) is 17.6. The van der Waals surface area contributed by atoms with Gasteiger partial charge in [-0.25, -0.2) is 0 Å². The molecule has 0 spiro atoms. The van der Waals surface area contributed by atoms with Crippen LogP contribution in [0.2, 0.25) is 0 Å². The first-order valence-corrected chi connectivity index (χ1v) is 8.96. The summed E-state index contributed by atoms with van der Waals surface area (Å²) in [6.45, 7) is 3.97. The summed E-state index contributed by atoms with van der Waals surface area (Å²) >= 11 is 3.55. The molecule has 0 amide bonds. The second-order valence-electron chi connectivity index (χ2n) is 5.76. The van der Waals surface area contributed by atoms with Crippen molar-refractivity contribution >= 4 is 57.9 Å². The van der Waals surface area contributed by atoms with Crippen LogP contribution in [-0.2, 0) is 9.59 Å². The fourth-order valence-corrected chi connectivity index (χ4v) is 1.96. The lowest BCUT2D eigenvalue weighted by atomic mass is 10.1. The van der Waals surface area contributed by atoms with Crippen molar-refractivity contribution < 1.29 is 38.0 Å². The van der Waals surface area contributed by atoms with Crippen molar-refractivity contribution in [1.29, 1.82) is 0.594 Å². The van der Waals surface area contributed by atoms with E-state index >= 15 is 0 Å². The van der Waals surface area contributed by atoms with Crippen LogP contribution in [0.15, 0.2) is 0 Å². The average Bonchev–Trinajstić information content (AvgIpc) is 2.50. The molecule has 2 aliphatic rings. The summed E-state index contributed by atoms with van der Waals surface area (Å²) in [6.07, 6.45) is 3.09. The summed E-state index contributed by atoms with van der Waals surface area (Å²) in [4.78, 5) is 25.5. The average molecular weight is 639 g/mol. The Hall–Kier alpha value is 1.45. The zero-order chi connectivity index (χ0) is 16.9. The van der Waals surface area contributed by atoms with Gasteiger partial charge in [0.05, 0.1) is 40.0 Å². The lowest BCUT2D eigenvalue weighted by Gasteiger charge is -2.32. The molecule has 128 valence electrons. The summed E-state index contributed by atoms with van der Waals surface area (Å²) in [5.74, 6) is 0.857. The van der Waals surface area contributed by atoms with Crippen LogP contribution in [-0.4, -0.2) is 73.8 Å². The maximum atomic E-state index is 10.7. The van der Waals surface area contributed by atoms with Crippen molar-refractivity contribution in [3.63, 3.8) is 0 Å². The molecular formula is C14H29I3N2O2. The van der Waals surface area contributed by atoms with Gasteiger partial charge in [0.1, 0.15) is 12.2 Å². The Morgan fingerprint density at radius 2 is 1.33 bits per heavy atom. The smallest absolute Gasteiger partial charge is 0.144 e. The number of Topliss-reactive ketones (excluding diaryl/α,β-unsaturated/α-hetero) is 2. The van der Waals surface area contributed by atoms with E-state index < -0.39 is 0 Å². The topological polar surface area (TPSA) is 37.4 Å². The van der Waals surface area contributed by atoms with Gasteiger partial charge in [0.15, 0.2) is 0 Å². The lowest BCUT2D eigenvalue weighted by molar-refractivity contribution is -0.891. The first-order valence-electron chi connectivity index (χ1n) is 7.18. The van der Waals surface area contributed by atoms with E-state index in [1.807, 2.05) is 12.0 Å². The van der Waals surface area contributed by atoms with Crippen molar-refractivity contribution in [2.45, 2.75) is 25.7 Å². The van der Waals surface area contributed by atoms with E-state index in [1.54, 1.807) is 0 Å². The zero-order valence-corrected chi connectivity index (χ0v) is 20.0. The largest absolute Gasteiger partial charge is 1.00 e. The van der Waals surface area contributed by atoms with Crippen LogP contribution < -0.4 is 24.0 Å². The standard InChI is InChI=1S/C7H14NO.C6H11NO.CH3I.2HI/c1-8(2)5-3-7(9)4-6-8;1-7-4-2-6(8)3-5-7;1-2;;/h3-6H2,1-2H3;2-5H2,1H3;1H3;2*1H/q+1;;;;/p-1/i/hD. The van der Waals surface area contributed by atoms with Crippen molar-refractivity contribution in [1.82, 2.24) is 4.90 Å². The Morgan fingerprint density at radius 3 is 1.62 bits per heavy atom. The highest BCUT2D eigenvalue weighted by Crippen LogP contribution is 2.09. The molecule has 2 saturated heterocycles. The third-order valence-corrected chi connectivity index (χ3v) is 3.54. The number of quaternary nitrogens is 1. The van der Waals surface area contributed by atoms with E-state index in [0.29, 0.717) is 11.6 Å². The van der Waals surface area contributed by atoms with Gasteiger partial charge in [-0.1, -0.05) is 22.6 Å². The first-order chi connectivity index (χ1) is 9.89. The molecule has 2 rings (SSSR count). The minimum Gasteiger partial charge on any atom is -1.00 e. The van der Waals surface area contributed by atoms with Crippen LogP contribution in [0.3, 0.4) is 0 Å². The van der Waals surface area contributed by atoms with Gasteiger partial charge in [0.2, 0.25) is 0 Å². The summed E-state index contributed by atoms with van der Waals surface area (Å²) in [5, 5.41) is 0. The minimum absolute atomic E-state index is 0. The molecule has 2 fully saturated rings. The van der Waals surface area contributed by atoms with Crippen LogP contribution in [0.5, 0.6) is 0 Å². The third-order valence-electron chi connectivity index (χ3n) is 3.54. The summed E-state index contributed by atoms with van der Waals surface area (Å²) in [5.41, 5.74) is 0. The number of alkyl halides is 1. The molecule has 7 heteroatoms. The molecular weight excluding hydrogens is 609 g/mol. The van der Waals surface area contributed by atoms with E-state index in [1.165, 1.54) is 23.8 Å². The van der Waals surface area contributed by atoms with Gasteiger partial charge in [-0.05, 0) is 12.0 Å². The molecule has 0 saturated carbocycles. The van der Waals surface area contributed by atoms with E-state index in [9.17, 15) is 9.59 Å². The lowest BCUT2D eigenvalue weighted by Crippen LogP contribution is -3.00. The van der Waals surface area contributed by atoms with Gasteiger partial charge in [-0.2, -0.15) is 0 Å². The molecule has 0 unspecified atom stereocenters. The van der Waals surface area contributed by atoms with Gasteiger partial charge >= 0.3 is 0 Å². The fraction of sp³-hybridized carbons (Fsp3) is 0.857. The van der Waals surface area contributed by atoms with Gasteiger partial charge in [0, 0.05) is 25.9 Å². The maximum Gasteiger partial charge on any atom is 0.144 e. The molecule has 0 atom stereocenters. The number of rotatable bonds is 0. The first kappa shape index (κ1) is 24.7. The maximum absolute atomic E-state index is 10.7. The van der Waals surface area contributed by atoms with Crippen molar-refractivity contribution in [2.24, 2.45) is 0 Å². The number of carbonyl (C=O) groups excluding carboxylic acids is 2. The van der Waals surface area contributed by atoms with Crippen LogP contribution in [0.25, 0.3) is 0 Å². The van der Waals surface area contributed by atoms with Crippen LogP contribution in [0.4, 0.5) is 0 Å². The number of hydrogen-bond donors (Lipinski definition) is 0. The highest BCUT2D eigenvalue weighted by molar-refractivity contribution is 14.1. The number of ketones is 2. The van der Waals surface area contributed by atoms with E-state index in [4.69, 9.17) is 0.594 Å².